The first-order valence-electron chi connectivity index (χ1n) is 6.92. The zero-order chi connectivity index (χ0) is 11.1. The van der Waals surface area contributed by atoms with Crippen LogP contribution in [-0.2, 0) is 0 Å². The highest BCUT2D eigenvalue weighted by Crippen LogP contribution is 2.23. The first-order chi connectivity index (χ1) is 7.18. The van der Waals surface area contributed by atoms with Crippen LogP contribution < -0.4 is 5.32 Å². The maximum atomic E-state index is 3.70. The fourth-order valence-electron chi connectivity index (χ4n) is 2.52. The lowest BCUT2D eigenvalue weighted by atomic mass is 10.0. The smallest absolute Gasteiger partial charge is 0.00388 e. The molecule has 1 unspecified atom stereocenters. The minimum atomic E-state index is 0.726. The fourth-order valence-corrected chi connectivity index (χ4v) is 2.52. The third-order valence-electron chi connectivity index (χ3n) is 3.65. The molecule has 0 aromatic heterocycles. The van der Waals surface area contributed by atoms with E-state index in [2.05, 4.69) is 26.1 Å². The molecule has 1 N–H and O–H groups in total. The van der Waals surface area contributed by atoms with Gasteiger partial charge >= 0.3 is 0 Å². The first-order valence-corrected chi connectivity index (χ1v) is 6.92. The number of hydrogen-bond donors (Lipinski definition) is 1. The molecule has 1 rings (SSSR count). The average molecular weight is 211 g/mol. The largest absolute Gasteiger partial charge is 0.314 e. The zero-order valence-electron chi connectivity index (χ0n) is 10.9. The molecule has 0 aromatic carbocycles. The number of hydrogen-bond acceptors (Lipinski definition) is 1. The predicted octanol–water partition coefficient (Wildman–Crippen LogP) is 3.98. The van der Waals surface area contributed by atoms with Gasteiger partial charge in [0.1, 0.15) is 0 Å². The van der Waals surface area contributed by atoms with Gasteiger partial charge in [0.05, 0.1) is 0 Å². The zero-order valence-corrected chi connectivity index (χ0v) is 10.9. The summed E-state index contributed by atoms with van der Waals surface area (Å²) in [5.41, 5.74) is 0. The van der Waals surface area contributed by atoms with E-state index in [9.17, 15) is 0 Å². The summed E-state index contributed by atoms with van der Waals surface area (Å²) in [5, 5.41) is 3.70. The second-order valence-electron chi connectivity index (χ2n) is 5.78. The lowest BCUT2D eigenvalue weighted by molar-refractivity contribution is 0.412. The fraction of sp³-hybridized carbons (Fsp3) is 1.00. The Morgan fingerprint density at radius 3 is 2.33 bits per heavy atom. The minimum absolute atomic E-state index is 0.726. The van der Waals surface area contributed by atoms with Crippen molar-refractivity contribution >= 4 is 0 Å². The van der Waals surface area contributed by atoms with E-state index in [1.165, 1.54) is 51.5 Å². The van der Waals surface area contributed by atoms with Gasteiger partial charge in [-0.1, -0.05) is 39.5 Å². The summed E-state index contributed by atoms with van der Waals surface area (Å²) < 4.78 is 0. The van der Waals surface area contributed by atoms with Crippen LogP contribution in [0.3, 0.4) is 0 Å². The minimum Gasteiger partial charge on any atom is -0.314 e. The van der Waals surface area contributed by atoms with E-state index in [1.54, 1.807) is 0 Å². The Bertz CT molecular complexity index is 147. The quantitative estimate of drug-likeness (QED) is 0.671. The van der Waals surface area contributed by atoms with Crippen molar-refractivity contribution in [2.75, 3.05) is 6.54 Å². The topological polar surface area (TPSA) is 12.0 Å². The molecule has 1 aliphatic carbocycles. The van der Waals surface area contributed by atoms with Crippen LogP contribution in [-0.4, -0.2) is 12.6 Å². The highest BCUT2D eigenvalue weighted by Gasteiger charge is 2.15. The van der Waals surface area contributed by atoms with Crippen molar-refractivity contribution in [3.63, 3.8) is 0 Å². The molecule has 1 nitrogen and oxygen atoms in total. The Labute approximate surface area is 96.0 Å². The van der Waals surface area contributed by atoms with E-state index in [1.807, 2.05) is 0 Å². The Morgan fingerprint density at radius 2 is 1.73 bits per heavy atom. The molecule has 0 spiro atoms. The summed E-state index contributed by atoms with van der Waals surface area (Å²) in [4.78, 5) is 0. The molecule has 0 aliphatic heterocycles. The molecule has 1 fully saturated rings. The monoisotopic (exact) mass is 211 g/mol. The molecule has 0 saturated heterocycles. The standard InChI is InChI=1S/C14H29N/c1-12(2)7-6-8-13(3)15-11-14-9-4-5-10-14/h12-15H,4-11H2,1-3H3. The Morgan fingerprint density at radius 1 is 1.07 bits per heavy atom. The van der Waals surface area contributed by atoms with E-state index >= 15 is 0 Å². The van der Waals surface area contributed by atoms with Crippen LogP contribution in [0.5, 0.6) is 0 Å². The molecule has 1 saturated carbocycles. The summed E-state index contributed by atoms with van der Waals surface area (Å²) >= 11 is 0. The molecule has 0 aromatic rings. The van der Waals surface area contributed by atoms with Crippen molar-refractivity contribution in [1.82, 2.24) is 5.32 Å². The van der Waals surface area contributed by atoms with Crippen LogP contribution in [0.25, 0.3) is 0 Å². The molecular formula is C14H29N. The first kappa shape index (κ1) is 13.0. The van der Waals surface area contributed by atoms with Gasteiger partial charge in [-0.25, -0.2) is 0 Å². The van der Waals surface area contributed by atoms with Gasteiger partial charge in [0, 0.05) is 6.04 Å². The van der Waals surface area contributed by atoms with Gasteiger partial charge in [0.2, 0.25) is 0 Å². The second-order valence-corrected chi connectivity index (χ2v) is 5.78. The van der Waals surface area contributed by atoms with Crippen LogP contribution >= 0.6 is 0 Å². The molecule has 0 bridgehead atoms. The van der Waals surface area contributed by atoms with Gasteiger partial charge in [-0.05, 0) is 44.6 Å². The number of nitrogens with one attached hydrogen (secondary N) is 1. The van der Waals surface area contributed by atoms with Gasteiger partial charge < -0.3 is 5.32 Å². The van der Waals surface area contributed by atoms with Crippen LogP contribution in [0.2, 0.25) is 0 Å². The summed E-state index contributed by atoms with van der Waals surface area (Å²) in [6.45, 7) is 8.24. The highest BCUT2D eigenvalue weighted by atomic mass is 14.9. The predicted molar refractivity (Wildman–Crippen MR) is 68.1 cm³/mol. The summed E-state index contributed by atoms with van der Waals surface area (Å²) in [6.07, 6.45) is 9.98. The second kappa shape index (κ2) is 7.27. The van der Waals surface area contributed by atoms with Gasteiger partial charge in [0.15, 0.2) is 0 Å². The van der Waals surface area contributed by atoms with Crippen molar-refractivity contribution in [3.05, 3.63) is 0 Å². The molecule has 0 amide bonds. The maximum absolute atomic E-state index is 3.70. The molecule has 0 radical (unpaired) electrons. The molecular weight excluding hydrogens is 182 g/mol. The van der Waals surface area contributed by atoms with Crippen molar-refractivity contribution in [2.24, 2.45) is 11.8 Å². The van der Waals surface area contributed by atoms with Crippen molar-refractivity contribution < 1.29 is 0 Å². The summed E-state index contributed by atoms with van der Waals surface area (Å²) in [5.74, 6) is 1.85. The molecule has 1 heteroatoms. The van der Waals surface area contributed by atoms with E-state index in [-0.39, 0.29) is 0 Å². The normalized spacial score (nSPS) is 20.0. The van der Waals surface area contributed by atoms with Crippen molar-refractivity contribution in [2.45, 2.75) is 71.8 Å². The Balaban J connectivity index is 1.95. The van der Waals surface area contributed by atoms with E-state index in [4.69, 9.17) is 0 Å². The van der Waals surface area contributed by atoms with E-state index < -0.39 is 0 Å². The van der Waals surface area contributed by atoms with E-state index in [0.29, 0.717) is 0 Å². The third-order valence-corrected chi connectivity index (χ3v) is 3.65. The molecule has 0 heterocycles. The highest BCUT2D eigenvalue weighted by molar-refractivity contribution is 4.71. The Kier molecular flexibility index (Phi) is 6.31. The lowest BCUT2D eigenvalue weighted by Gasteiger charge is -2.17. The summed E-state index contributed by atoms with van der Waals surface area (Å²) in [7, 11) is 0. The SMILES string of the molecule is CC(C)CCCC(C)NCC1CCCC1. The Hall–Kier alpha value is -0.0400. The van der Waals surface area contributed by atoms with Crippen molar-refractivity contribution in [1.29, 1.82) is 0 Å². The lowest BCUT2D eigenvalue weighted by Crippen LogP contribution is -2.30. The number of rotatable bonds is 7. The van der Waals surface area contributed by atoms with Crippen LogP contribution in [0.1, 0.15) is 65.7 Å². The maximum Gasteiger partial charge on any atom is 0.00388 e. The third kappa shape index (κ3) is 6.19. The molecule has 15 heavy (non-hydrogen) atoms. The van der Waals surface area contributed by atoms with Gasteiger partial charge in [-0.3, -0.25) is 0 Å². The van der Waals surface area contributed by atoms with Gasteiger partial charge in [-0.2, -0.15) is 0 Å². The van der Waals surface area contributed by atoms with E-state index in [0.717, 1.165) is 17.9 Å². The van der Waals surface area contributed by atoms with Crippen molar-refractivity contribution in [3.8, 4) is 0 Å². The van der Waals surface area contributed by atoms with Gasteiger partial charge in [0.25, 0.3) is 0 Å². The summed E-state index contributed by atoms with van der Waals surface area (Å²) in [6, 6.07) is 0.726. The molecule has 1 atom stereocenters. The van der Waals surface area contributed by atoms with Gasteiger partial charge in [-0.15, -0.1) is 0 Å². The average Bonchev–Trinajstić information content (AvgIpc) is 2.66. The molecule has 1 aliphatic rings. The molecule has 90 valence electrons. The van der Waals surface area contributed by atoms with Crippen LogP contribution in [0.15, 0.2) is 0 Å². The van der Waals surface area contributed by atoms with Crippen LogP contribution in [0, 0.1) is 11.8 Å². The van der Waals surface area contributed by atoms with Crippen LogP contribution in [0.4, 0.5) is 0 Å².